The zero-order chi connectivity index (χ0) is 19.1. The third-order valence-corrected chi connectivity index (χ3v) is 4.43. The van der Waals surface area contributed by atoms with Crippen LogP contribution in [0.5, 0.6) is 0 Å². The van der Waals surface area contributed by atoms with Crippen molar-refractivity contribution in [3.63, 3.8) is 0 Å². The molecule has 2 amide bonds. The standard InChI is InChI=1S/C19H19Cl2FN2O2/c1-13(25)24(19-15(20)6-4-7-16(19)21)12-10-18(26)23-11-9-14-5-2-3-8-17(14)22/h2-8H,9-12H2,1H3,(H,23,26). The Morgan fingerprint density at radius 2 is 1.73 bits per heavy atom. The van der Waals surface area contributed by atoms with E-state index in [0.717, 1.165) is 0 Å². The van der Waals surface area contributed by atoms with E-state index in [4.69, 9.17) is 23.2 Å². The van der Waals surface area contributed by atoms with E-state index in [-0.39, 0.29) is 30.6 Å². The monoisotopic (exact) mass is 396 g/mol. The number of hydrogen-bond donors (Lipinski definition) is 1. The fraction of sp³-hybridized carbons (Fsp3) is 0.263. The summed E-state index contributed by atoms with van der Waals surface area (Å²) in [6.45, 7) is 1.84. The van der Waals surface area contributed by atoms with Gasteiger partial charge >= 0.3 is 0 Å². The molecule has 2 rings (SSSR count). The molecule has 0 aliphatic heterocycles. The number of rotatable bonds is 7. The summed E-state index contributed by atoms with van der Waals surface area (Å²) in [7, 11) is 0. The fourth-order valence-corrected chi connectivity index (χ4v) is 3.11. The van der Waals surface area contributed by atoms with Gasteiger partial charge in [0, 0.05) is 26.4 Å². The molecular weight excluding hydrogens is 378 g/mol. The van der Waals surface area contributed by atoms with Crippen molar-refractivity contribution >= 4 is 40.7 Å². The molecule has 0 unspecified atom stereocenters. The maximum Gasteiger partial charge on any atom is 0.223 e. The SMILES string of the molecule is CC(=O)N(CCC(=O)NCCc1ccccc1F)c1c(Cl)cccc1Cl. The number of amides is 2. The maximum atomic E-state index is 13.5. The zero-order valence-electron chi connectivity index (χ0n) is 14.3. The third kappa shape index (κ3) is 5.44. The van der Waals surface area contributed by atoms with Crippen molar-refractivity contribution < 1.29 is 14.0 Å². The minimum absolute atomic E-state index is 0.0817. The molecule has 2 aromatic carbocycles. The van der Waals surface area contributed by atoms with Crippen LogP contribution in [0.3, 0.4) is 0 Å². The van der Waals surface area contributed by atoms with Gasteiger partial charge < -0.3 is 10.2 Å². The Bertz CT molecular complexity index is 779. The minimum Gasteiger partial charge on any atom is -0.356 e. The van der Waals surface area contributed by atoms with Crippen LogP contribution in [-0.4, -0.2) is 24.9 Å². The van der Waals surface area contributed by atoms with Crippen LogP contribution in [-0.2, 0) is 16.0 Å². The van der Waals surface area contributed by atoms with Gasteiger partial charge in [0.05, 0.1) is 15.7 Å². The summed E-state index contributed by atoms with van der Waals surface area (Å²) < 4.78 is 13.5. The number of anilines is 1. The molecule has 0 aromatic heterocycles. The van der Waals surface area contributed by atoms with E-state index >= 15 is 0 Å². The first-order valence-corrected chi connectivity index (χ1v) is 8.88. The Hall–Kier alpha value is -2.11. The van der Waals surface area contributed by atoms with E-state index in [1.165, 1.54) is 17.9 Å². The summed E-state index contributed by atoms with van der Waals surface area (Å²) in [6.07, 6.45) is 0.476. The summed E-state index contributed by atoms with van der Waals surface area (Å²) in [5, 5.41) is 3.40. The number of hydrogen-bond acceptors (Lipinski definition) is 2. The first-order chi connectivity index (χ1) is 12.4. The van der Waals surface area contributed by atoms with Gasteiger partial charge in [-0.15, -0.1) is 0 Å². The zero-order valence-corrected chi connectivity index (χ0v) is 15.8. The van der Waals surface area contributed by atoms with Gasteiger partial charge in [0.15, 0.2) is 0 Å². The highest BCUT2D eigenvalue weighted by atomic mass is 35.5. The van der Waals surface area contributed by atoms with Gasteiger partial charge in [0.2, 0.25) is 11.8 Å². The van der Waals surface area contributed by atoms with Crippen LogP contribution in [0.4, 0.5) is 10.1 Å². The van der Waals surface area contributed by atoms with E-state index in [2.05, 4.69) is 5.32 Å². The Kier molecular flexibility index (Phi) is 7.42. The number of benzene rings is 2. The van der Waals surface area contributed by atoms with Crippen LogP contribution < -0.4 is 10.2 Å². The molecular formula is C19H19Cl2FN2O2. The van der Waals surface area contributed by atoms with Crippen molar-refractivity contribution in [2.75, 3.05) is 18.0 Å². The van der Waals surface area contributed by atoms with Crippen LogP contribution in [0, 0.1) is 5.82 Å². The molecule has 138 valence electrons. The van der Waals surface area contributed by atoms with Crippen LogP contribution in [0.2, 0.25) is 10.0 Å². The van der Waals surface area contributed by atoms with Crippen molar-refractivity contribution in [3.05, 3.63) is 63.9 Å². The molecule has 2 aromatic rings. The second kappa shape index (κ2) is 9.55. The number of carbonyl (C=O) groups is 2. The predicted octanol–water partition coefficient (Wildman–Crippen LogP) is 4.23. The molecule has 0 heterocycles. The molecule has 0 radical (unpaired) electrons. The number of nitrogens with zero attached hydrogens (tertiary/aromatic N) is 1. The normalized spacial score (nSPS) is 10.5. The van der Waals surface area contributed by atoms with Crippen molar-refractivity contribution in [1.29, 1.82) is 0 Å². The van der Waals surface area contributed by atoms with Crippen molar-refractivity contribution in [2.24, 2.45) is 0 Å². The molecule has 0 aliphatic rings. The second-order valence-corrected chi connectivity index (χ2v) is 6.50. The van der Waals surface area contributed by atoms with E-state index in [0.29, 0.717) is 34.3 Å². The number of halogens is 3. The predicted molar refractivity (Wildman–Crippen MR) is 102 cm³/mol. The summed E-state index contributed by atoms with van der Waals surface area (Å²) in [6, 6.07) is 11.4. The Labute approximate surface area is 161 Å². The van der Waals surface area contributed by atoms with Crippen LogP contribution in [0.1, 0.15) is 18.9 Å². The van der Waals surface area contributed by atoms with Crippen molar-refractivity contribution in [1.82, 2.24) is 5.32 Å². The first kappa shape index (κ1) is 20.2. The lowest BCUT2D eigenvalue weighted by atomic mass is 10.1. The Morgan fingerprint density at radius 1 is 1.08 bits per heavy atom. The highest BCUT2D eigenvalue weighted by molar-refractivity contribution is 6.39. The number of carbonyl (C=O) groups excluding carboxylic acids is 2. The van der Waals surface area contributed by atoms with E-state index in [1.807, 2.05) is 0 Å². The average molecular weight is 397 g/mol. The van der Waals surface area contributed by atoms with E-state index in [9.17, 15) is 14.0 Å². The molecule has 7 heteroatoms. The lowest BCUT2D eigenvalue weighted by Gasteiger charge is -2.23. The summed E-state index contributed by atoms with van der Waals surface area (Å²) in [5.41, 5.74) is 0.934. The van der Waals surface area contributed by atoms with Gasteiger partial charge in [0.25, 0.3) is 0 Å². The highest BCUT2D eigenvalue weighted by Crippen LogP contribution is 2.33. The van der Waals surface area contributed by atoms with Crippen LogP contribution in [0.15, 0.2) is 42.5 Å². The molecule has 0 saturated heterocycles. The third-order valence-electron chi connectivity index (χ3n) is 3.82. The van der Waals surface area contributed by atoms with Gasteiger partial charge in [0.1, 0.15) is 5.82 Å². The summed E-state index contributed by atoms with van der Waals surface area (Å²) in [4.78, 5) is 25.3. The molecule has 0 atom stereocenters. The quantitative estimate of drug-likeness (QED) is 0.760. The van der Waals surface area contributed by atoms with Gasteiger partial charge in [-0.1, -0.05) is 47.5 Å². The number of nitrogens with one attached hydrogen (secondary N) is 1. The largest absolute Gasteiger partial charge is 0.356 e. The molecule has 1 N–H and O–H groups in total. The minimum atomic E-state index is -0.294. The van der Waals surface area contributed by atoms with E-state index in [1.54, 1.807) is 36.4 Å². The van der Waals surface area contributed by atoms with Gasteiger partial charge in [-0.2, -0.15) is 0 Å². The first-order valence-electron chi connectivity index (χ1n) is 8.12. The van der Waals surface area contributed by atoms with Gasteiger partial charge in [-0.3, -0.25) is 9.59 Å². The smallest absolute Gasteiger partial charge is 0.223 e. The molecule has 0 fully saturated rings. The Balaban J connectivity index is 1.90. The molecule has 4 nitrogen and oxygen atoms in total. The molecule has 26 heavy (non-hydrogen) atoms. The van der Waals surface area contributed by atoms with E-state index < -0.39 is 0 Å². The summed E-state index contributed by atoms with van der Waals surface area (Å²) >= 11 is 12.3. The molecule has 0 spiro atoms. The summed E-state index contributed by atoms with van der Waals surface area (Å²) in [5.74, 6) is -0.798. The molecule has 0 bridgehead atoms. The van der Waals surface area contributed by atoms with Crippen LogP contribution >= 0.6 is 23.2 Å². The van der Waals surface area contributed by atoms with Crippen molar-refractivity contribution in [2.45, 2.75) is 19.8 Å². The molecule has 0 aliphatic carbocycles. The number of para-hydroxylation sites is 1. The lowest BCUT2D eigenvalue weighted by molar-refractivity contribution is -0.121. The fourth-order valence-electron chi connectivity index (χ4n) is 2.51. The van der Waals surface area contributed by atoms with Crippen molar-refractivity contribution in [3.8, 4) is 0 Å². The van der Waals surface area contributed by atoms with Gasteiger partial charge in [-0.05, 0) is 30.2 Å². The maximum absolute atomic E-state index is 13.5. The molecule has 0 saturated carbocycles. The highest BCUT2D eigenvalue weighted by Gasteiger charge is 2.19. The van der Waals surface area contributed by atoms with Crippen LogP contribution in [0.25, 0.3) is 0 Å². The average Bonchev–Trinajstić information content (AvgIpc) is 2.58. The second-order valence-electron chi connectivity index (χ2n) is 5.68. The van der Waals surface area contributed by atoms with Gasteiger partial charge in [-0.25, -0.2) is 4.39 Å². The Morgan fingerprint density at radius 3 is 2.35 bits per heavy atom. The topological polar surface area (TPSA) is 49.4 Å². The lowest BCUT2D eigenvalue weighted by Crippen LogP contribution is -2.34.